The number of rotatable bonds is 1. The summed E-state index contributed by atoms with van der Waals surface area (Å²) in [5.41, 5.74) is 1.06. The first-order chi connectivity index (χ1) is 7.59. The molecule has 0 spiro atoms. The van der Waals surface area contributed by atoms with Crippen LogP contribution in [0.2, 0.25) is 0 Å². The molecular formula is C11H11NO4. The van der Waals surface area contributed by atoms with Crippen molar-refractivity contribution in [2.24, 2.45) is 0 Å². The molecule has 1 aliphatic rings. The van der Waals surface area contributed by atoms with Crippen LogP contribution < -0.4 is 5.06 Å². The summed E-state index contributed by atoms with van der Waals surface area (Å²) in [5.74, 6) is -0.986. The van der Waals surface area contributed by atoms with E-state index >= 15 is 0 Å². The first-order valence-electron chi connectivity index (χ1n) is 4.92. The van der Waals surface area contributed by atoms with Crippen molar-refractivity contribution in [3.63, 3.8) is 0 Å². The second kappa shape index (κ2) is 3.84. The zero-order valence-corrected chi connectivity index (χ0v) is 8.77. The van der Waals surface area contributed by atoms with Crippen LogP contribution in [0, 0.1) is 0 Å². The number of para-hydroxylation sites is 1. The van der Waals surface area contributed by atoms with E-state index in [2.05, 4.69) is 0 Å². The number of aryl methyl sites for hydroxylation is 1. The first-order valence-corrected chi connectivity index (χ1v) is 4.92. The number of phenolic OH excluding ortho intramolecular Hbond substituents is 1. The minimum absolute atomic E-state index is 0.0631. The van der Waals surface area contributed by atoms with Gasteiger partial charge in [0, 0.05) is 13.3 Å². The Morgan fingerprint density at radius 2 is 2.19 bits per heavy atom. The van der Waals surface area contributed by atoms with E-state index in [1.165, 1.54) is 13.0 Å². The van der Waals surface area contributed by atoms with Gasteiger partial charge in [-0.2, -0.15) is 0 Å². The van der Waals surface area contributed by atoms with Crippen molar-refractivity contribution in [1.82, 2.24) is 0 Å². The third-order valence-corrected chi connectivity index (χ3v) is 2.36. The molecule has 2 rings (SSSR count). The number of aromatic hydroxyl groups is 1. The van der Waals surface area contributed by atoms with E-state index in [9.17, 15) is 14.7 Å². The van der Waals surface area contributed by atoms with Crippen molar-refractivity contribution in [1.29, 1.82) is 0 Å². The van der Waals surface area contributed by atoms with Crippen molar-refractivity contribution in [3.8, 4) is 5.75 Å². The van der Waals surface area contributed by atoms with Crippen molar-refractivity contribution >= 4 is 17.6 Å². The molecular weight excluding hydrogens is 210 g/mol. The topological polar surface area (TPSA) is 66.8 Å². The summed E-state index contributed by atoms with van der Waals surface area (Å²) in [7, 11) is 0. The Bertz CT molecular complexity index is 455. The fourth-order valence-electron chi connectivity index (χ4n) is 1.71. The number of anilines is 1. The number of hydrogen-bond acceptors (Lipinski definition) is 4. The van der Waals surface area contributed by atoms with Gasteiger partial charge in [0.15, 0.2) is 0 Å². The maximum Gasteiger partial charge on any atom is 0.330 e. The Balaban J connectivity index is 2.46. The van der Waals surface area contributed by atoms with Crippen LogP contribution in [0.3, 0.4) is 0 Å². The van der Waals surface area contributed by atoms with E-state index in [1.54, 1.807) is 12.1 Å². The van der Waals surface area contributed by atoms with Gasteiger partial charge >= 0.3 is 5.97 Å². The zero-order chi connectivity index (χ0) is 11.7. The highest BCUT2D eigenvalue weighted by atomic mass is 16.7. The van der Waals surface area contributed by atoms with Crippen molar-refractivity contribution < 1.29 is 19.5 Å². The summed E-state index contributed by atoms with van der Waals surface area (Å²) in [4.78, 5) is 27.3. The van der Waals surface area contributed by atoms with Crippen LogP contribution in [0.1, 0.15) is 18.9 Å². The van der Waals surface area contributed by atoms with Gasteiger partial charge in [-0.3, -0.25) is 4.79 Å². The van der Waals surface area contributed by atoms with E-state index in [4.69, 9.17) is 4.84 Å². The predicted octanol–water partition coefficient (Wildman–Crippen LogP) is 1.15. The summed E-state index contributed by atoms with van der Waals surface area (Å²) < 4.78 is 0. The highest BCUT2D eigenvalue weighted by molar-refractivity contribution is 5.97. The summed E-state index contributed by atoms with van der Waals surface area (Å²) in [6, 6.07) is 4.93. The SMILES string of the molecule is CC(=O)ON1C(=O)CCc2cccc(O)c21. The lowest BCUT2D eigenvalue weighted by molar-refractivity contribution is -0.148. The standard InChI is InChI=1S/C11H11NO4/c1-7(13)16-12-10(15)6-5-8-3-2-4-9(14)11(8)12/h2-4,14H,5-6H2,1H3. The van der Waals surface area contributed by atoms with E-state index in [0.717, 1.165) is 10.6 Å². The average Bonchev–Trinajstić information content (AvgIpc) is 2.22. The predicted molar refractivity (Wildman–Crippen MR) is 55.7 cm³/mol. The number of fused-ring (bicyclic) bond motifs is 1. The van der Waals surface area contributed by atoms with E-state index in [1.807, 2.05) is 0 Å². The Hall–Kier alpha value is -2.04. The van der Waals surface area contributed by atoms with Crippen LogP contribution >= 0.6 is 0 Å². The normalized spacial score (nSPS) is 14.6. The molecule has 1 amide bonds. The monoisotopic (exact) mass is 221 g/mol. The van der Waals surface area contributed by atoms with Gasteiger partial charge < -0.3 is 9.94 Å². The van der Waals surface area contributed by atoms with Gasteiger partial charge in [-0.25, -0.2) is 4.79 Å². The number of benzene rings is 1. The summed E-state index contributed by atoms with van der Waals surface area (Å²) in [6.45, 7) is 1.21. The molecule has 0 radical (unpaired) electrons. The Morgan fingerprint density at radius 1 is 1.44 bits per heavy atom. The van der Waals surface area contributed by atoms with Crippen LogP contribution in [0.5, 0.6) is 5.75 Å². The largest absolute Gasteiger partial charge is 0.506 e. The molecule has 1 heterocycles. The summed E-state index contributed by atoms with van der Waals surface area (Å²) >= 11 is 0. The molecule has 0 fully saturated rings. The molecule has 1 aliphatic heterocycles. The van der Waals surface area contributed by atoms with Crippen LogP contribution in [-0.4, -0.2) is 17.0 Å². The van der Waals surface area contributed by atoms with Crippen molar-refractivity contribution in [3.05, 3.63) is 23.8 Å². The first kappa shape index (κ1) is 10.5. The van der Waals surface area contributed by atoms with Gasteiger partial charge in [-0.05, 0) is 18.1 Å². The number of carbonyl (C=O) groups is 2. The van der Waals surface area contributed by atoms with Gasteiger partial charge in [0.2, 0.25) is 0 Å². The molecule has 1 aromatic carbocycles. The molecule has 0 unspecified atom stereocenters. The smallest absolute Gasteiger partial charge is 0.330 e. The number of amides is 1. The minimum Gasteiger partial charge on any atom is -0.506 e. The van der Waals surface area contributed by atoms with E-state index in [0.29, 0.717) is 6.42 Å². The number of carbonyl (C=O) groups excluding carboxylic acids is 2. The van der Waals surface area contributed by atoms with Crippen molar-refractivity contribution in [2.45, 2.75) is 19.8 Å². The second-order valence-corrected chi connectivity index (χ2v) is 3.56. The van der Waals surface area contributed by atoms with Gasteiger partial charge in [0.05, 0.1) is 0 Å². The molecule has 0 aromatic heterocycles. The fraction of sp³-hybridized carbons (Fsp3) is 0.273. The average molecular weight is 221 g/mol. The number of nitrogens with zero attached hydrogens (tertiary/aromatic N) is 1. The lowest BCUT2D eigenvalue weighted by Gasteiger charge is -2.27. The quantitative estimate of drug-likeness (QED) is 0.772. The highest BCUT2D eigenvalue weighted by Gasteiger charge is 2.29. The molecule has 0 saturated heterocycles. The lowest BCUT2D eigenvalue weighted by Crippen LogP contribution is -2.36. The third kappa shape index (κ3) is 1.71. The maximum atomic E-state index is 11.6. The van der Waals surface area contributed by atoms with E-state index < -0.39 is 5.97 Å². The zero-order valence-electron chi connectivity index (χ0n) is 8.77. The van der Waals surface area contributed by atoms with Gasteiger partial charge in [-0.1, -0.05) is 12.1 Å². The molecule has 5 nitrogen and oxygen atoms in total. The minimum atomic E-state index is -0.593. The van der Waals surface area contributed by atoms with Gasteiger partial charge in [0.25, 0.3) is 5.91 Å². The van der Waals surface area contributed by atoms with Crippen LogP contribution in [0.4, 0.5) is 5.69 Å². The number of phenols is 1. The molecule has 0 aliphatic carbocycles. The number of hydroxylamine groups is 1. The van der Waals surface area contributed by atoms with Crippen molar-refractivity contribution in [2.75, 3.05) is 5.06 Å². The molecule has 0 saturated carbocycles. The molecule has 1 aromatic rings. The Morgan fingerprint density at radius 3 is 2.88 bits per heavy atom. The molecule has 5 heteroatoms. The molecule has 16 heavy (non-hydrogen) atoms. The molecule has 84 valence electrons. The van der Waals surface area contributed by atoms with Crippen LogP contribution in [-0.2, 0) is 20.8 Å². The van der Waals surface area contributed by atoms with Crippen LogP contribution in [0.25, 0.3) is 0 Å². The molecule has 0 bridgehead atoms. The Kier molecular flexibility index (Phi) is 2.52. The number of hydrogen-bond donors (Lipinski definition) is 1. The van der Waals surface area contributed by atoms with Gasteiger partial charge in [0.1, 0.15) is 11.4 Å². The molecule has 0 atom stereocenters. The fourth-order valence-corrected chi connectivity index (χ4v) is 1.71. The lowest BCUT2D eigenvalue weighted by atomic mass is 10.0. The molecule has 1 N–H and O–H groups in total. The second-order valence-electron chi connectivity index (χ2n) is 3.56. The summed E-state index contributed by atoms with van der Waals surface area (Å²) in [5, 5.41) is 10.5. The Labute approximate surface area is 92.2 Å². The third-order valence-electron chi connectivity index (χ3n) is 2.36. The van der Waals surface area contributed by atoms with Crippen LogP contribution in [0.15, 0.2) is 18.2 Å². The summed E-state index contributed by atoms with van der Waals surface area (Å²) in [6.07, 6.45) is 0.810. The maximum absolute atomic E-state index is 11.6. The van der Waals surface area contributed by atoms with E-state index in [-0.39, 0.29) is 23.8 Å². The van der Waals surface area contributed by atoms with Gasteiger partial charge in [-0.15, -0.1) is 5.06 Å². The highest BCUT2D eigenvalue weighted by Crippen LogP contribution is 2.35.